The fourth-order valence-corrected chi connectivity index (χ4v) is 2.81. The fraction of sp³-hybridized carbons (Fsp3) is 0.500. The van der Waals surface area contributed by atoms with Gasteiger partial charge in [0.15, 0.2) is 0 Å². The quantitative estimate of drug-likeness (QED) is 0.653. The second-order valence-corrected chi connectivity index (χ2v) is 8.69. The van der Waals surface area contributed by atoms with E-state index in [0.29, 0.717) is 0 Å². The molecule has 0 aliphatic rings. The maximum absolute atomic E-state index is 12.9. The maximum atomic E-state index is 12.9. The first kappa shape index (κ1) is 25.6. The molecule has 1 rings (SSSR count). The first-order valence-electron chi connectivity index (χ1n) is 8.81. The van der Waals surface area contributed by atoms with E-state index in [1.165, 1.54) is 13.8 Å². The zero-order valence-corrected chi connectivity index (χ0v) is 18.0. The number of hydrogen-bond acceptors (Lipinski definition) is 4. The Morgan fingerprint density at radius 3 is 2.23 bits per heavy atom. The average Bonchev–Trinajstić information content (AvgIpc) is 2.56. The molecule has 0 saturated carbocycles. The number of carbonyl (C=O) groups is 2. The molecule has 0 aliphatic carbocycles. The molecule has 0 bridgehead atoms. The van der Waals surface area contributed by atoms with Gasteiger partial charge in [-0.25, -0.2) is 0 Å². The zero-order chi connectivity index (χ0) is 23.5. The summed E-state index contributed by atoms with van der Waals surface area (Å²) in [4.78, 5) is 26.4. The van der Waals surface area contributed by atoms with Crippen LogP contribution in [0.2, 0.25) is 5.02 Å². The van der Waals surface area contributed by atoms with Crippen LogP contribution in [0.3, 0.4) is 0 Å². The third-order valence-electron chi connectivity index (χ3n) is 3.78. The van der Waals surface area contributed by atoms with Gasteiger partial charge in [-0.3, -0.25) is 14.5 Å². The minimum Gasteiger partial charge on any atom is -0.404 e. The molecule has 2 amide bonds. The molecule has 0 radical (unpaired) electrons. The van der Waals surface area contributed by atoms with Crippen molar-refractivity contribution in [3.63, 3.8) is 0 Å². The number of nitrogens with zero attached hydrogens (tertiary/aromatic N) is 1. The van der Waals surface area contributed by atoms with E-state index < -0.39 is 46.0 Å². The number of rotatable bonds is 6. The molecule has 0 aliphatic heterocycles. The Bertz CT molecular complexity index is 836. The van der Waals surface area contributed by atoms with Crippen LogP contribution in [0.4, 0.5) is 18.9 Å². The summed E-state index contributed by atoms with van der Waals surface area (Å²) in [5.74, 6) is -0.254. The third-order valence-corrected chi connectivity index (χ3v) is 4.08. The number of terminal acetylenes is 1. The number of carbonyl (C=O) groups excluding carboxylic acids is 2. The molecule has 0 spiro atoms. The Hall–Kier alpha value is -2.44. The number of amides is 2. The Morgan fingerprint density at radius 1 is 1.27 bits per heavy atom. The van der Waals surface area contributed by atoms with Gasteiger partial charge >= 0.3 is 12.3 Å². The maximum Gasteiger partial charge on any atom is 0.573 e. The molecule has 30 heavy (non-hydrogen) atoms. The molecule has 1 aromatic rings. The minimum atomic E-state index is -4.95. The Morgan fingerprint density at radius 2 is 1.83 bits per heavy atom. The third kappa shape index (κ3) is 7.43. The summed E-state index contributed by atoms with van der Waals surface area (Å²) < 4.78 is 41.3. The van der Waals surface area contributed by atoms with E-state index in [-0.39, 0.29) is 12.2 Å². The number of alkyl halides is 3. The summed E-state index contributed by atoms with van der Waals surface area (Å²) in [6, 6.07) is 1.97. The topological polar surface area (TPSA) is 78.9 Å². The average molecular weight is 449 g/mol. The van der Waals surface area contributed by atoms with E-state index in [1.807, 2.05) is 5.92 Å². The number of halogens is 4. The van der Waals surface area contributed by atoms with Gasteiger partial charge in [-0.1, -0.05) is 32.4 Å². The molecular weight excluding hydrogens is 425 g/mol. The van der Waals surface area contributed by atoms with Gasteiger partial charge in [0.2, 0.25) is 5.91 Å². The van der Waals surface area contributed by atoms with Crippen LogP contribution in [0, 0.1) is 17.8 Å². The molecule has 0 fully saturated rings. The monoisotopic (exact) mass is 448 g/mol. The number of anilines is 1. The number of aliphatic hydroxyl groups is 1. The normalized spacial score (nSPS) is 13.2. The molecule has 1 atom stereocenters. The van der Waals surface area contributed by atoms with Crippen molar-refractivity contribution in [2.24, 2.45) is 5.41 Å². The second kappa shape index (κ2) is 9.14. The summed E-state index contributed by atoms with van der Waals surface area (Å²) in [7, 11) is 0. The van der Waals surface area contributed by atoms with Crippen LogP contribution < -0.4 is 15.0 Å². The van der Waals surface area contributed by atoms with Crippen molar-refractivity contribution in [1.29, 1.82) is 0 Å². The molecule has 0 aromatic heterocycles. The molecule has 0 heterocycles. The van der Waals surface area contributed by atoms with Crippen LogP contribution in [0.1, 0.15) is 34.6 Å². The van der Waals surface area contributed by atoms with Crippen LogP contribution >= 0.6 is 11.6 Å². The van der Waals surface area contributed by atoms with Gasteiger partial charge < -0.3 is 15.2 Å². The van der Waals surface area contributed by atoms with E-state index in [0.717, 1.165) is 23.1 Å². The number of nitrogens with one attached hydrogen (secondary N) is 1. The van der Waals surface area contributed by atoms with Crippen molar-refractivity contribution in [2.45, 2.75) is 52.6 Å². The van der Waals surface area contributed by atoms with Crippen LogP contribution in [0.15, 0.2) is 18.2 Å². The largest absolute Gasteiger partial charge is 0.573 e. The van der Waals surface area contributed by atoms with Crippen LogP contribution in [0.5, 0.6) is 5.75 Å². The van der Waals surface area contributed by atoms with Gasteiger partial charge in [-0.05, 0) is 43.4 Å². The Balaban J connectivity index is 3.44. The smallest absolute Gasteiger partial charge is 0.404 e. The molecular formula is C20H24ClF3N2O4. The van der Waals surface area contributed by atoms with Gasteiger partial charge in [0.25, 0.3) is 0 Å². The van der Waals surface area contributed by atoms with Crippen molar-refractivity contribution in [2.75, 3.05) is 11.4 Å². The summed E-state index contributed by atoms with van der Waals surface area (Å²) in [5, 5.41) is 12.0. The molecule has 2 N–H and O–H groups in total. The highest BCUT2D eigenvalue weighted by Gasteiger charge is 2.40. The number of ether oxygens (including phenoxy) is 1. The lowest BCUT2D eigenvalue weighted by Gasteiger charge is -2.38. The highest BCUT2D eigenvalue weighted by atomic mass is 35.5. The van der Waals surface area contributed by atoms with Crippen LogP contribution in [-0.2, 0) is 9.59 Å². The number of hydrogen-bond donors (Lipinski definition) is 2. The van der Waals surface area contributed by atoms with E-state index in [4.69, 9.17) is 18.0 Å². The fourth-order valence-electron chi connectivity index (χ4n) is 2.60. The van der Waals surface area contributed by atoms with Crippen LogP contribution in [-0.4, -0.2) is 41.5 Å². The van der Waals surface area contributed by atoms with E-state index in [1.54, 1.807) is 20.8 Å². The van der Waals surface area contributed by atoms with Crippen LogP contribution in [0.25, 0.3) is 0 Å². The lowest BCUT2D eigenvalue weighted by molar-refractivity contribution is -0.274. The molecule has 10 heteroatoms. The van der Waals surface area contributed by atoms with Gasteiger partial charge in [-0.2, -0.15) is 0 Å². The van der Waals surface area contributed by atoms with Crippen molar-refractivity contribution < 1.29 is 32.6 Å². The summed E-state index contributed by atoms with van der Waals surface area (Å²) in [5.41, 5.74) is -2.04. The van der Waals surface area contributed by atoms with Crippen molar-refractivity contribution >= 4 is 29.1 Å². The van der Waals surface area contributed by atoms with Crippen molar-refractivity contribution in [1.82, 2.24) is 5.32 Å². The van der Waals surface area contributed by atoms with Gasteiger partial charge in [0.1, 0.15) is 11.8 Å². The van der Waals surface area contributed by atoms with E-state index in [9.17, 15) is 27.9 Å². The van der Waals surface area contributed by atoms with Crippen molar-refractivity contribution in [3.8, 4) is 18.1 Å². The van der Waals surface area contributed by atoms with Gasteiger partial charge in [-0.15, -0.1) is 19.6 Å². The highest BCUT2D eigenvalue weighted by Crippen LogP contribution is 2.36. The predicted molar refractivity (Wildman–Crippen MR) is 107 cm³/mol. The predicted octanol–water partition coefficient (Wildman–Crippen LogP) is 3.51. The van der Waals surface area contributed by atoms with Gasteiger partial charge in [0.05, 0.1) is 10.6 Å². The SMILES string of the molecule is C#CC(=O)N(c1ccc(OC(F)(F)F)c(Cl)c1)C(C(=O)NCC(C)(C)O)C(C)(C)C. The van der Waals surface area contributed by atoms with E-state index in [2.05, 4.69) is 10.1 Å². The second-order valence-electron chi connectivity index (χ2n) is 8.28. The molecule has 1 aromatic carbocycles. The van der Waals surface area contributed by atoms with Gasteiger partial charge in [0, 0.05) is 12.2 Å². The van der Waals surface area contributed by atoms with Crippen molar-refractivity contribution in [3.05, 3.63) is 23.2 Å². The highest BCUT2D eigenvalue weighted by molar-refractivity contribution is 6.32. The summed E-state index contributed by atoms with van der Waals surface area (Å²) in [6.45, 7) is 7.92. The molecule has 0 saturated heterocycles. The Labute approximate surface area is 178 Å². The molecule has 1 unspecified atom stereocenters. The summed E-state index contributed by atoms with van der Waals surface area (Å²) in [6.07, 6.45) is 0.313. The lowest BCUT2D eigenvalue weighted by Crippen LogP contribution is -2.57. The number of benzene rings is 1. The van der Waals surface area contributed by atoms with E-state index >= 15 is 0 Å². The molecule has 166 valence electrons. The first-order chi connectivity index (χ1) is 13.5. The minimum absolute atomic E-state index is 0.0100. The first-order valence-corrected chi connectivity index (χ1v) is 9.19. The Kier molecular flexibility index (Phi) is 7.80. The zero-order valence-electron chi connectivity index (χ0n) is 17.2. The summed E-state index contributed by atoms with van der Waals surface area (Å²) >= 11 is 5.90. The standard InChI is InChI=1S/C20H24ClF3N2O4/c1-7-15(27)26(12-8-9-14(13(21)10-12)30-20(22,23)24)16(18(2,3)4)17(28)25-11-19(5,6)29/h1,8-10,16,29H,11H2,2-6H3,(H,25,28). The lowest BCUT2D eigenvalue weighted by atomic mass is 9.84. The molecule has 6 nitrogen and oxygen atoms in total.